The highest BCUT2D eigenvalue weighted by Crippen LogP contribution is 2.13. The second-order valence-electron chi connectivity index (χ2n) is 6.87. The minimum atomic E-state index is 0.0132. The molecule has 1 saturated heterocycles. The van der Waals surface area contributed by atoms with Crippen molar-refractivity contribution in [1.29, 1.82) is 5.26 Å². The number of hydrogen-bond donors (Lipinski definition) is 1. The number of nitrogens with zero attached hydrogens (tertiary/aromatic N) is 3. The zero-order valence-electron chi connectivity index (χ0n) is 15.9. The Hall–Kier alpha value is -3.17. The number of rotatable bonds is 6. The molecule has 2 amide bonds. The summed E-state index contributed by atoms with van der Waals surface area (Å²) in [4.78, 5) is 30.1. The van der Waals surface area contributed by atoms with Crippen LogP contribution in [0.5, 0.6) is 0 Å². The van der Waals surface area contributed by atoms with E-state index in [-0.39, 0.29) is 11.8 Å². The van der Waals surface area contributed by atoms with Gasteiger partial charge in [0.25, 0.3) is 11.8 Å². The molecule has 0 bridgehead atoms. The molecular formula is C22H25N4O2+. The van der Waals surface area contributed by atoms with Crippen LogP contribution in [0.4, 0.5) is 5.69 Å². The molecule has 0 aliphatic carbocycles. The van der Waals surface area contributed by atoms with Crippen molar-refractivity contribution in [3.63, 3.8) is 0 Å². The highest BCUT2D eigenvalue weighted by molar-refractivity contribution is 5.94. The van der Waals surface area contributed by atoms with E-state index < -0.39 is 0 Å². The second-order valence-corrected chi connectivity index (χ2v) is 6.87. The minimum absolute atomic E-state index is 0.0132. The third kappa shape index (κ3) is 4.96. The maximum absolute atomic E-state index is 12.9. The Morgan fingerprint density at radius 1 is 1.00 bits per heavy atom. The molecule has 0 atom stereocenters. The summed E-state index contributed by atoms with van der Waals surface area (Å²) in [6.45, 7) is 3.52. The van der Waals surface area contributed by atoms with Crippen LogP contribution in [-0.4, -0.2) is 56.0 Å². The number of carbonyl (C=O) groups excluding carboxylic acids is 2. The Balaban J connectivity index is 1.56. The number of hydrogen-bond acceptors (Lipinski definition) is 3. The lowest BCUT2D eigenvalue weighted by molar-refractivity contribution is -0.895. The van der Waals surface area contributed by atoms with E-state index in [0.717, 1.165) is 18.8 Å². The normalized spacial score (nSPS) is 14.3. The molecule has 0 spiro atoms. The molecule has 1 aliphatic rings. The smallest absolute Gasteiger partial charge is 0.282 e. The Morgan fingerprint density at radius 2 is 1.61 bits per heavy atom. The molecule has 28 heavy (non-hydrogen) atoms. The van der Waals surface area contributed by atoms with Gasteiger partial charge in [-0.15, -0.1) is 0 Å². The van der Waals surface area contributed by atoms with E-state index in [1.54, 1.807) is 4.90 Å². The van der Waals surface area contributed by atoms with Gasteiger partial charge in [-0.2, -0.15) is 5.26 Å². The van der Waals surface area contributed by atoms with Crippen molar-refractivity contribution < 1.29 is 14.5 Å². The summed E-state index contributed by atoms with van der Waals surface area (Å²) in [5.41, 5.74) is 1.52. The minimum Gasteiger partial charge on any atom is -0.327 e. The van der Waals surface area contributed by atoms with Gasteiger partial charge < -0.3 is 14.7 Å². The number of quaternary nitrogens is 1. The van der Waals surface area contributed by atoms with E-state index in [9.17, 15) is 9.59 Å². The summed E-state index contributed by atoms with van der Waals surface area (Å²) in [7, 11) is 0. The summed E-state index contributed by atoms with van der Waals surface area (Å²) in [5.74, 6) is 0.0604. The van der Waals surface area contributed by atoms with Crippen molar-refractivity contribution in [2.45, 2.75) is 6.42 Å². The SMILES string of the molecule is N#CCCN(C(=O)C[NH+]1CCN(C(=O)c2ccccc2)CC1)c1ccccc1. The van der Waals surface area contributed by atoms with Gasteiger partial charge >= 0.3 is 0 Å². The van der Waals surface area contributed by atoms with Crippen molar-refractivity contribution in [2.75, 3.05) is 44.2 Å². The Morgan fingerprint density at radius 3 is 2.21 bits per heavy atom. The van der Waals surface area contributed by atoms with Gasteiger partial charge in [-0.05, 0) is 24.3 Å². The van der Waals surface area contributed by atoms with E-state index >= 15 is 0 Å². The number of benzene rings is 2. The summed E-state index contributed by atoms with van der Waals surface area (Å²) in [6, 6.07) is 20.9. The average molecular weight is 377 g/mol. The molecule has 0 unspecified atom stereocenters. The zero-order chi connectivity index (χ0) is 19.8. The molecule has 144 valence electrons. The van der Waals surface area contributed by atoms with Crippen molar-refractivity contribution in [1.82, 2.24) is 4.90 Å². The maximum atomic E-state index is 12.9. The van der Waals surface area contributed by atoms with Gasteiger partial charge in [-0.25, -0.2) is 0 Å². The Labute approximate surface area is 165 Å². The molecule has 2 aromatic rings. The molecule has 2 aromatic carbocycles. The summed E-state index contributed by atoms with van der Waals surface area (Å²) < 4.78 is 0. The van der Waals surface area contributed by atoms with Gasteiger partial charge in [0.05, 0.1) is 38.7 Å². The third-order valence-electron chi connectivity index (χ3n) is 5.00. The molecule has 0 saturated carbocycles. The van der Waals surface area contributed by atoms with E-state index in [1.807, 2.05) is 65.6 Å². The molecule has 0 aromatic heterocycles. The second kappa shape index (κ2) is 9.67. The molecule has 1 aliphatic heterocycles. The summed E-state index contributed by atoms with van der Waals surface area (Å²) in [6.07, 6.45) is 0.301. The van der Waals surface area contributed by atoms with Crippen LogP contribution < -0.4 is 9.80 Å². The van der Waals surface area contributed by atoms with Crippen LogP contribution in [0.25, 0.3) is 0 Å². The zero-order valence-corrected chi connectivity index (χ0v) is 15.9. The van der Waals surface area contributed by atoms with E-state index in [2.05, 4.69) is 6.07 Å². The molecule has 0 radical (unpaired) electrons. The topological polar surface area (TPSA) is 68.8 Å². The van der Waals surface area contributed by atoms with Crippen molar-refractivity contribution in [2.24, 2.45) is 0 Å². The van der Waals surface area contributed by atoms with Gasteiger partial charge in [-0.3, -0.25) is 9.59 Å². The summed E-state index contributed by atoms with van der Waals surface area (Å²) in [5, 5.41) is 8.91. The first-order valence-electron chi connectivity index (χ1n) is 9.59. The monoisotopic (exact) mass is 377 g/mol. The highest BCUT2D eigenvalue weighted by Gasteiger charge is 2.27. The van der Waals surface area contributed by atoms with Crippen LogP contribution in [0.2, 0.25) is 0 Å². The number of piperazine rings is 1. The van der Waals surface area contributed by atoms with E-state index in [1.165, 1.54) is 4.90 Å². The van der Waals surface area contributed by atoms with Crippen LogP contribution in [-0.2, 0) is 4.79 Å². The molecule has 1 N–H and O–H groups in total. The fourth-order valence-corrected chi connectivity index (χ4v) is 3.44. The summed E-state index contributed by atoms with van der Waals surface area (Å²) >= 11 is 0. The first kappa shape index (κ1) is 19.6. The first-order valence-corrected chi connectivity index (χ1v) is 9.59. The van der Waals surface area contributed by atoms with Gasteiger partial charge in [0.15, 0.2) is 6.54 Å². The predicted octanol–water partition coefficient (Wildman–Crippen LogP) is 0.974. The van der Waals surface area contributed by atoms with Gasteiger partial charge in [0, 0.05) is 17.8 Å². The number of nitriles is 1. The Kier molecular flexibility index (Phi) is 6.77. The number of anilines is 1. The molecule has 3 rings (SSSR count). The molecule has 1 heterocycles. The van der Waals surface area contributed by atoms with Crippen LogP contribution >= 0.6 is 0 Å². The van der Waals surface area contributed by atoms with Crippen LogP contribution in [0.3, 0.4) is 0 Å². The highest BCUT2D eigenvalue weighted by atomic mass is 16.2. The van der Waals surface area contributed by atoms with Gasteiger partial charge in [0.2, 0.25) is 0 Å². The van der Waals surface area contributed by atoms with Gasteiger partial charge in [-0.1, -0.05) is 36.4 Å². The van der Waals surface area contributed by atoms with Crippen molar-refractivity contribution in [3.8, 4) is 6.07 Å². The number of carbonyl (C=O) groups is 2. The van der Waals surface area contributed by atoms with Gasteiger partial charge in [0.1, 0.15) is 0 Å². The molecule has 6 nitrogen and oxygen atoms in total. The predicted molar refractivity (Wildman–Crippen MR) is 107 cm³/mol. The third-order valence-corrected chi connectivity index (χ3v) is 5.00. The van der Waals surface area contributed by atoms with Crippen LogP contribution in [0, 0.1) is 11.3 Å². The number of amides is 2. The Bertz CT molecular complexity index is 825. The van der Waals surface area contributed by atoms with E-state index in [4.69, 9.17) is 5.26 Å². The lowest BCUT2D eigenvalue weighted by atomic mass is 10.2. The maximum Gasteiger partial charge on any atom is 0.282 e. The fourth-order valence-electron chi connectivity index (χ4n) is 3.44. The largest absolute Gasteiger partial charge is 0.327 e. The lowest BCUT2D eigenvalue weighted by Crippen LogP contribution is -3.15. The molecule has 6 heteroatoms. The van der Waals surface area contributed by atoms with Crippen LogP contribution in [0.15, 0.2) is 60.7 Å². The van der Waals surface area contributed by atoms with Crippen LogP contribution in [0.1, 0.15) is 16.8 Å². The van der Waals surface area contributed by atoms with Crippen molar-refractivity contribution >= 4 is 17.5 Å². The standard InChI is InChI=1S/C22H24N4O2/c23-12-7-13-26(20-10-5-2-6-11-20)21(27)18-24-14-16-25(17-15-24)22(28)19-8-3-1-4-9-19/h1-6,8-11H,7,13-18H2/p+1. The quantitative estimate of drug-likeness (QED) is 0.816. The number of nitrogens with one attached hydrogen (secondary N) is 1. The molecular weight excluding hydrogens is 352 g/mol. The molecule has 1 fully saturated rings. The van der Waals surface area contributed by atoms with E-state index in [0.29, 0.717) is 38.2 Å². The number of para-hydroxylation sites is 1. The van der Waals surface area contributed by atoms with Crippen molar-refractivity contribution in [3.05, 3.63) is 66.2 Å². The first-order chi connectivity index (χ1) is 13.7. The fraction of sp³-hybridized carbons (Fsp3) is 0.318. The average Bonchev–Trinajstić information content (AvgIpc) is 2.75. The lowest BCUT2D eigenvalue weighted by Gasteiger charge is -2.33.